The van der Waals surface area contributed by atoms with E-state index in [4.69, 9.17) is 9.47 Å². The molecular formula is C15H12F2O3. The van der Waals surface area contributed by atoms with Crippen LogP contribution >= 0.6 is 0 Å². The fourth-order valence-corrected chi connectivity index (χ4v) is 1.67. The predicted molar refractivity (Wildman–Crippen MR) is 69.0 cm³/mol. The highest BCUT2D eigenvalue weighted by Crippen LogP contribution is 2.28. The van der Waals surface area contributed by atoms with Crippen molar-refractivity contribution < 1.29 is 23.0 Å². The van der Waals surface area contributed by atoms with Crippen LogP contribution in [0.3, 0.4) is 0 Å². The highest BCUT2D eigenvalue weighted by atomic mass is 19.1. The number of halogens is 2. The molecule has 0 unspecified atom stereocenters. The molecule has 0 aliphatic rings. The Kier molecular flexibility index (Phi) is 3.98. The normalized spacial score (nSPS) is 10.2. The van der Waals surface area contributed by atoms with E-state index in [0.717, 1.165) is 17.7 Å². The number of hydrogen-bond acceptors (Lipinski definition) is 3. The first kappa shape index (κ1) is 14.0. The molecule has 3 nitrogen and oxygen atoms in total. The van der Waals surface area contributed by atoms with Gasteiger partial charge in [0.05, 0.1) is 12.7 Å². The van der Waals surface area contributed by atoms with E-state index >= 15 is 0 Å². The second-order valence-corrected chi connectivity index (χ2v) is 4.17. The van der Waals surface area contributed by atoms with Crippen molar-refractivity contribution in [3.8, 4) is 11.5 Å². The number of rotatable bonds is 3. The van der Waals surface area contributed by atoms with Gasteiger partial charge in [0.1, 0.15) is 11.6 Å². The van der Waals surface area contributed by atoms with Crippen molar-refractivity contribution in [3.05, 3.63) is 59.2 Å². The fourth-order valence-electron chi connectivity index (χ4n) is 1.67. The molecule has 0 saturated carbocycles. The zero-order valence-corrected chi connectivity index (χ0v) is 10.9. The summed E-state index contributed by atoms with van der Waals surface area (Å²) < 4.78 is 36.4. The second-order valence-electron chi connectivity index (χ2n) is 4.17. The summed E-state index contributed by atoms with van der Waals surface area (Å²) in [5.74, 6) is -2.11. The number of aryl methyl sites for hydroxylation is 1. The summed E-state index contributed by atoms with van der Waals surface area (Å²) >= 11 is 0. The second kappa shape index (κ2) is 5.69. The largest absolute Gasteiger partial charge is 0.493 e. The third-order valence-electron chi connectivity index (χ3n) is 2.67. The van der Waals surface area contributed by atoms with E-state index in [1.54, 1.807) is 18.2 Å². The highest BCUT2D eigenvalue weighted by molar-refractivity contribution is 5.91. The zero-order chi connectivity index (χ0) is 14.7. The smallest absolute Gasteiger partial charge is 0.346 e. The van der Waals surface area contributed by atoms with Crippen LogP contribution in [0.1, 0.15) is 15.9 Å². The third kappa shape index (κ3) is 2.93. The SMILES string of the molecule is COc1cc(C)ccc1OC(=O)c1ccc(F)cc1F. The van der Waals surface area contributed by atoms with Crippen molar-refractivity contribution in [1.29, 1.82) is 0 Å². The van der Waals surface area contributed by atoms with Crippen LogP contribution in [-0.4, -0.2) is 13.1 Å². The van der Waals surface area contributed by atoms with Gasteiger partial charge in [-0.3, -0.25) is 0 Å². The van der Waals surface area contributed by atoms with Crippen molar-refractivity contribution in [2.24, 2.45) is 0 Å². The van der Waals surface area contributed by atoms with Crippen LogP contribution in [0.15, 0.2) is 36.4 Å². The lowest BCUT2D eigenvalue weighted by atomic mass is 10.2. The zero-order valence-electron chi connectivity index (χ0n) is 10.9. The van der Waals surface area contributed by atoms with Crippen molar-refractivity contribution >= 4 is 5.97 Å². The molecule has 0 bridgehead atoms. The maximum Gasteiger partial charge on any atom is 0.346 e. The van der Waals surface area contributed by atoms with Gasteiger partial charge in [0.2, 0.25) is 0 Å². The van der Waals surface area contributed by atoms with Crippen LogP contribution in [0, 0.1) is 18.6 Å². The number of esters is 1. The van der Waals surface area contributed by atoms with E-state index in [9.17, 15) is 13.6 Å². The van der Waals surface area contributed by atoms with Gasteiger partial charge >= 0.3 is 5.97 Å². The van der Waals surface area contributed by atoms with Crippen LogP contribution in [0.2, 0.25) is 0 Å². The first-order chi connectivity index (χ1) is 9.51. The van der Waals surface area contributed by atoms with E-state index in [1.165, 1.54) is 7.11 Å². The average Bonchev–Trinajstić information content (AvgIpc) is 2.40. The van der Waals surface area contributed by atoms with Gasteiger partial charge in [-0.2, -0.15) is 0 Å². The Balaban J connectivity index is 2.28. The molecule has 0 aromatic heterocycles. The minimum atomic E-state index is -0.971. The molecule has 0 amide bonds. The maximum atomic E-state index is 13.5. The molecule has 0 aliphatic carbocycles. The lowest BCUT2D eigenvalue weighted by Gasteiger charge is -2.10. The van der Waals surface area contributed by atoms with Crippen LogP contribution in [0.25, 0.3) is 0 Å². The molecule has 0 N–H and O–H groups in total. The molecule has 104 valence electrons. The highest BCUT2D eigenvalue weighted by Gasteiger charge is 2.16. The summed E-state index contributed by atoms with van der Waals surface area (Å²) in [6, 6.07) is 7.62. The van der Waals surface area contributed by atoms with Gasteiger partial charge in [-0.05, 0) is 36.8 Å². The first-order valence-electron chi connectivity index (χ1n) is 5.83. The number of carbonyl (C=O) groups is 1. The standard InChI is InChI=1S/C15H12F2O3/c1-9-3-6-13(14(7-9)19-2)20-15(18)11-5-4-10(16)8-12(11)17/h3-8H,1-2H3. The van der Waals surface area contributed by atoms with Gasteiger partial charge in [-0.15, -0.1) is 0 Å². The lowest BCUT2D eigenvalue weighted by Crippen LogP contribution is -2.11. The number of carbonyl (C=O) groups excluding carboxylic acids is 1. The van der Waals surface area contributed by atoms with E-state index in [2.05, 4.69) is 0 Å². The summed E-state index contributed by atoms with van der Waals surface area (Å²) in [4.78, 5) is 11.9. The third-order valence-corrected chi connectivity index (χ3v) is 2.67. The summed E-state index contributed by atoms with van der Waals surface area (Å²) in [6.07, 6.45) is 0. The lowest BCUT2D eigenvalue weighted by molar-refractivity contribution is 0.0724. The molecule has 0 atom stereocenters. The molecule has 5 heteroatoms. The Labute approximate surface area is 114 Å². The van der Waals surface area contributed by atoms with Gasteiger partial charge in [0.15, 0.2) is 11.5 Å². The van der Waals surface area contributed by atoms with Crippen molar-refractivity contribution in [2.45, 2.75) is 6.92 Å². The molecule has 0 radical (unpaired) electrons. The van der Waals surface area contributed by atoms with Gasteiger partial charge in [-0.1, -0.05) is 6.07 Å². The minimum Gasteiger partial charge on any atom is -0.493 e. The Morgan fingerprint density at radius 2 is 1.80 bits per heavy atom. The molecule has 2 aromatic rings. The Morgan fingerprint density at radius 1 is 1.05 bits per heavy atom. The van der Waals surface area contributed by atoms with Crippen molar-refractivity contribution in [3.63, 3.8) is 0 Å². The van der Waals surface area contributed by atoms with Gasteiger partial charge in [-0.25, -0.2) is 13.6 Å². The molecule has 2 aromatic carbocycles. The molecule has 2 rings (SSSR count). The summed E-state index contributed by atoms with van der Waals surface area (Å²) in [6.45, 7) is 1.85. The molecule has 0 saturated heterocycles. The first-order valence-corrected chi connectivity index (χ1v) is 5.83. The number of hydrogen-bond donors (Lipinski definition) is 0. The molecule has 0 heterocycles. The van der Waals surface area contributed by atoms with Crippen LogP contribution in [0.5, 0.6) is 11.5 Å². The fraction of sp³-hybridized carbons (Fsp3) is 0.133. The predicted octanol–water partition coefficient (Wildman–Crippen LogP) is 3.50. The Bertz CT molecular complexity index is 654. The summed E-state index contributed by atoms with van der Waals surface area (Å²) in [7, 11) is 1.44. The van der Waals surface area contributed by atoms with E-state index < -0.39 is 17.6 Å². The number of benzene rings is 2. The number of methoxy groups -OCH3 is 1. The van der Waals surface area contributed by atoms with E-state index in [-0.39, 0.29) is 11.3 Å². The molecule has 0 fully saturated rings. The molecule has 0 spiro atoms. The quantitative estimate of drug-likeness (QED) is 0.636. The Hall–Kier alpha value is -2.43. The van der Waals surface area contributed by atoms with Gasteiger partial charge in [0, 0.05) is 6.07 Å². The van der Waals surface area contributed by atoms with Crippen LogP contribution in [0.4, 0.5) is 8.78 Å². The summed E-state index contributed by atoms with van der Waals surface area (Å²) in [5, 5.41) is 0. The minimum absolute atomic E-state index is 0.173. The molecule has 20 heavy (non-hydrogen) atoms. The monoisotopic (exact) mass is 278 g/mol. The molecule has 0 aliphatic heterocycles. The van der Waals surface area contributed by atoms with Gasteiger partial charge in [0.25, 0.3) is 0 Å². The van der Waals surface area contributed by atoms with Crippen LogP contribution in [-0.2, 0) is 0 Å². The van der Waals surface area contributed by atoms with Gasteiger partial charge < -0.3 is 9.47 Å². The van der Waals surface area contributed by atoms with Crippen molar-refractivity contribution in [1.82, 2.24) is 0 Å². The maximum absolute atomic E-state index is 13.5. The van der Waals surface area contributed by atoms with E-state index in [1.807, 2.05) is 6.92 Å². The Morgan fingerprint density at radius 3 is 2.45 bits per heavy atom. The number of ether oxygens (including phenoxy) is 2. The van der Waals surface area contributed by atoms with Crippen molar-refractivity contribution in [2.75, 3.05) is 7.11 Å². The summed E-state index contributed by atoms with van der Waals surface area (Å²) in [5.41, 5.74) is 0.587. The average molecular weight is 278 g/mol. The topological polar surface area (TPSA) is 35.5 Å². The van der Waals surface area contributed by atoms with E-state index in [0.29, 0.717) is 11.8 Å². The molecular weight excluding hydrogens is 266 g/mol. The van der Waals surface area contributed by atoms with Crippen LogP contribution < -0.4 is 9.47 Å².